The number of aliphatic hydroxyl groups excluding tert-OH is 1. The molecule has 7 heteroatoms. The first kappa shape index (κ1) is 25.9. The zero-order valence-electron chi connectivity index (χ0n) is 20.3. The van der Waals surface area contributed by atoms with Crippen LogP contribution in [0.15, 0.2) is 88.3 Å². The predicted octanol–water partition coefficient (Wildman–Crippen LogP) is 5.24. The van der Waals surface area contributed by atoms with Crippen LogP contribution in [0.3, 0.4) is 0 Å². The maximum atomic E-state index is 13.8. The van der Waals surface area contributed by atoms with E-state index in [1.807, 2.05) is 85.8 Å². The average Bonchev–Trinajstić information content (AvgIpc) is 3.30. The van der Waals surface area contributed by atoms with Gasteiger partial charge in [-0.05, 0) is 53.9 Å². The monoisotopic (exact) mass is 550 g/mol. The van der Waals surface area contributed by atoms with Crippen LogP contribution in [0.1, 0.15) is 42.6 Å². The third kappa shape index (κ3) is 5.97. The molecule has 1 aliphatic heterocycles. The first-order valence-electron chi connectivity index (χ1n) is 12.2. The number of carbonyl (C=O) groups is 1. The number of hydrogen-bond donors (Lipinski definition) is 2. The molecule has 6 nitrogen and oxygen atoms in total. The van der Waals surface area contributed by atoms with Gasteiger partial charge >= 0.3 is 0 Å². The number of nitrogens with one attached hydrogen (secondary N) is 1. The van der Waals surface area contributed by atoms with E-state index in [1.54, 1.807) is 0 Å². The molecule has 0 saturated heterocycles. The maximum Gasteiger partial charge on any atom is 0.252 e. The van der Waals surface area contributed by atoms with Gasteiger partial charge in [-0.25, -0.2) is 4.99 Å². The van der Waals surface area contributed by atoms with E-state index in [0.717, 1.165) is 27.6 Å². The van der Waals surface area contributed by atoms with Gasteiger partial charge in [0.15, 0.2) is 11.6 Å². The number of aliphatic hydroxyl groups is 1. The second-order valence-electron chi connectivity index (χ2n) is 8.76. The molecule has 4 rings (SSSR count). The van der Waals surface area contributed by atoms with Crippen LogP contribution in [0, 0.1) is 0 Å². The Balaban J connectivity index is 1.74. The zero-order chi connectivity index (χ0) is 25.4. The summed E-state index contributed by atoms with van der Waals surface area (Å²) in [6.07, 6.45) is 1.20. The van der Waals surface area contributed by atoms with Gasteiger partial charge in [0, 0.05) is 36.0 Å². The van der Waals surface area contributed by atoms with Crippen molar-refractivity contribution in [1.82, 2.24) is 5.32 Å². The Kier molecular flexibility index (Phi) is 8.78. The van der Waals surface area contributed by atoms with Gasteiger partial charge < -0.3 is 19.9 Å². The fourth-order valence-corrected chi connectivity index (χ4v) is 4.48. The fourth-order valence-electron chi connectivity index (χ4n) is 4.22. The van der Waals surface area contributed by atoms with Crippen LogP contribution in [-0.2, 0) is 16.0 Å². The van der Waals surface area contributed by atoms with Gasteiger partial charge in [0.1, 0.15) is 5.75 Å². The van der Waals surface area contributed by atoms with Gasteiger partial charge in [-0.15, -0.1) is 0 Å². The van der Waals surface area contributed by atoms with Crippen molar-refractivity contribution in [2.24, 2.45) is 4.99 Å². The fraction of sp³-hybridized carbons (Fsp3) is 0.310. The van der Waals surface area contributed by atoms with Crippen LogP contribution in [-0.4, -0.2) is 42.2 Å². The Hall–Kier alpha value is -3.16. The largest absolute Gasteiger partial charge is 0.494 e. The molecule has 1 amide bonds. The minimum atomic E-state index is -1.17. The molecular formula is C29H31BrN2O4. The van der Waals surface area contributed by atoms with Crippen LogP contribution in [0.4, 0.5) is 0 Å². The van der Waals surface area contributed by atoms with E-state index in [-0.39, 0.29) is 12.5 Å². The molecule has 0 aromatic heterocycles. The topological polar surface area (TPSA) is 80.2 Å². The molecule has 0 unspecified atom stereocenters. The van der Waals surface area contributed by atoms with Crippen molar-refractivity contribution >= 4 is 27.7 Å². The van der Waals surface area contributed by atoms with Gasteiger partial charge in [-0.3, -0.25) is 4.79 Å². The number of halogens is 1. The van der Waals surface area contributed by atoms with E-state index in [4.69, 9.17) is 19.6 Å². The summed E-state index contributed by atoms with van der Waals surface area (Å²) < 4.78 is 13.1. The second kappa shape index (κ2) is 12.2. The number of carbonyl (C=O) groups excluding carboxylic acids is 1. The predicted molar refractivity (Wildman–Crippen MR) is 144 cm³/mol. The average molecular weight is 551 g/mol. The Labute approximate surface area is 220 Å². The number of ether oxygens (including phenoxy) is 2. The normalized spacial score (nSPS) is 18.9. The van der Waals surface area contributed by atoms with Crippen molar-refractivity contribution in [2.75, 3.05) is 19.8 Å². The smallest absolute Gasteiger partial charge is 0.252 e. The molecule has 0 aliphatic carbocycles. The van der Waals surface area contributed by atoms with Crippen molar-refractivity contribution in [2.45, 2.75) is 37.8 Å². The van der Waals surface area contributed by atoms with Crippen LogP contribution in [0.25, 0.3) is 0 Å². The molecular weight excluding hydrogens is 520 g/mol. The van der Waals surface area contributed by atoms with Crippen LogP contribution in [0.2, 0.25) is 0 Å². The molecule has 0 saturated carbocycles. The van der Waals surface area contributed by atoms with Gasteiger partial charge in [-0.2, -0.15) is 0 Å². The lowest BCUT2D eigenvalue weighted by Gasteiger charge is -2.30. The van der Waals surface area contributed by atoms with Crippen molar-refractivity contribution in [3.63, 3.8) is 0 Å². The third-order valence-corrected chi connectivity index (χ3v) is 6.58. The highest BCUT2D eigenvalue weighted by atomic mass is 79.9. The lowest BCUT2D eigenvalue weighted by atomic mass is 9.82. The summed E-state index contributed by atoms with van der Waals surface area (Å²) in [6.45, 7) is 3.12. The quantitative estimate of drug-likeness (QED) is 0.320. The van der Waals surface area contributed by atoms with Crippen molar-refractivity contribution in [1.29, 1.82) is 0 Å². The number of benzene rings is 3. The number of hydrogen-bond acceptors (Lipinski definition) is 5. The Bertz CT molecular complexity index is 1170. The van der Waals surface area contributed by atoms with E-state index in [2.05, 4.69) is 21.2 Å². The number of amides is 1. The molecule has 1 heterocycles. The van der Waals surface area contributed by atoms with E-state index in [0.29, 0.717) is 37.6 Å². The molecule has 0 bridgehead atoms. The van der Waals surface area contributed by atoms with Crippen LogP contribution < -0.4 is 10.1 Å². The summed E-state index contributed by atoms with van der Waals surface area (Å²) in [4.78, 5) is 18.8. The van der Waals surface area contributed by atoms with Gasteiger partial charge in [-0.1, -0.05) is 65.3 Å². The molecule has 0 fully saturated rings. The first-order valence-corrected chi connectivity index (χ1v) is 13.0. The Morgan fingerprint density at radius 1 is 1.08 bits per heavy atom. The molecule has 3 aromatic rings. The highest BCUT2D eigenvalue weighted by molar-refractivity contribution is 9.10. The van der Waals surface area contributed by atoms with E-state index in [9.17, 15) is 4.79 Å². The highest BCUT2D eigenvalue weighted by Crippen LogP contribution is 2.42. The minimum Gasteiger partial charge on any atom is -0.494 e. The van der Waals surface area contributed by atoms with Crippen LogP contribution >= 0.6 is 15.9 Å². The Morgan fingerprint density at radius 3 is 2.47 bits per heavy atom. The summed E-state index contributed by atoms with van der Waals surface area (Å²) in [5.74, 6) is 0.974. The molecule has 3 aromatic carbocycles. The third-order valence-electron chi connectivity index (χ3n) is 6.05. The number of aliphatic imine (C=N–C) groups is 1. The molecule has 36 heavy (non-hydrogen) atoms. The van der Waals surface area contributed by atoms with Crippen molar-refractivity contribution < 1.29 is 19.4 Å². The SMILES string of the molecule is CCCNC(=O)[C@]1(Cc2ccc(Br)cc2)N=C(c2ccc(OCCCO)cc2)O[C@@H]1c1ccccc1. The highest BCUT2D eigenvalue weighted by Gasteiger charge is 2.53. The zero-order valence-corrected chi connectivity index (χ0v) is 21.9. The minimum absolute atomic E-state index is 0.0874. The van der Waals surface area contributed by atoms with Crippen molar-refractivity contribution in [3.05, 3.63) is 100 Å². The molecule has 2 atom stereocenters. The van der Waals surface area contributed by atoms with E-state index in [1.165, 1.54) is 0 Å². The summed E-state index contributed by atoms with van der Waals surface area (Å²) in [5, 5.41) is 12.1. The maximum absolute atomic E-state index is 13.8. The molecule has 188 valence electrons. The summed E-state index contributed by atoms with van der Waals surface area (Å²) >= 11 is 3.49. The number of rotatable bonds is 11. The standard InChI is InChI=1S/C29H31BrN2O4/c1-2-17-31-28(34)29(20-21-9-13-24(30)14-10-21)26(22-7-4-3-5-8-22)36-27(32-29)23-11-15-25(16-12-23)35-19-6-18-33/h3-5,7-16,26,33H,2,6,17-20H2,1H3,(H,31,34)/t26-,29-/m1/s1. The first-order chi connectivity index (χ1) is 17.6. The van der Waals surface area contributed by atoms with E-state index >= 15 is 0 Å². The van der Waals surface area contributed by atoms with Crippen molar-refractivity contribution in [3.8, 4) is 5.75 Å². The summed E-state index contributed by atoms with van der Waals surface area (Å²) in [5.41, 5.74) is 1.48. The summed E-state index contributed by atoms with van der Waals surface area (Å²) in [7, 11) is 0. The number of nitrogens with zero attached hydrogens (tertiary/aromatic N) is 1. The molecule has 0 radical (unpaired) electrons. The van der Waals surface area contributed by atoms with E-state index < -0.39 is 11.6 Å². The van der Waals surface area contributed by atoms with Crippen LogP contribution in [0.5, 0.6) is 5.75 Å². The molecule has 0 spiro atoms. The molecule has 1 aliphatic rings. The second-order valence-corrected chi connectivity index (χ2v) is 9.67. The summed E-state index contributed by atoms with van der Waals surface area (Å²) in [6, 6.07) is 25.2. The van der Waals surface area contributed by atoms with Gasteiger partial charge in [0.25, 0.3) is 5.91 Å². The molecule has 2 N–H and O–H groups in total. The lowest BCUT2D eigenvalue weighted by Crippen LogP contribution is -2.50. The Morgan fingerprint density at radius 2 is 1.81 bits per heavy atom. The lowest BCUT2D eigenvalue weighted by molar-refractivity contribution is -0.128. The van der Waals surface area contributed by atoms with Gasteiger partial charge in [0.05, 0.1) is 6.61 Å². The van der Waals surface area contributed by atoms with Gasteiger partial charge in [0.2, 0.25) is 5.90 Å².